The smallest absolute Gasteiger partial charge is 0.334 e. The van der Waals surface area contributed by atoms with Gasteiger partial charge in [-0.25, -0.2) is 0 Å². The lowest BCUT2D eigenvalue weighted by atomic mass is 10.0. The SMILES string of the molecule is CCN(CC(=O)Nc1ccccc1C(F)(F)F)C(=O)CCC(=O)c1ccc(C)c(C)c1. The number of carbonyl (C=O) groups is 3. The van der Waals surface area contributed by atoms with Crippen LogP contribution in [0.1, 0.15) is 46.8 Å². The molecule has 2 amide bonds. The first kappa shape index (κ1) is 24.1. The van der Waals surface area contributed by atoms with E-state index in [1.165, 1.54) is 17.0 Å². The first-order valence-electron chi connectivity index (χ1n) is 9.87. The molecule has 0 atom stereocenters. The molecule has 2 aromatic rings. The van der Waals surface area contributed by atoms with Crippen molar-refractivity contribution in [1.29, 1.82) is 0 Å². The standard InChI is InChI=1S/C23H25F3N2O3/c1-4-28(14-21(30)27-19-8-6-5-7-18(19)23(24,25)26)22(31)12-11-20(29)17-10-9-15(2)16(3)13-17/h5-10,13H,4,11-12,14H2,1-3H3,(H,27,30). The van der Waals surface area contributed by atoms with Crippen LogP contribution >= 0.6 is 0 Å². The van der Waals surface area contributed by atoms with Crippen LogP contribution < -0.4 is 5.32 Å². The molecule has 31 heavy (non-hydrogen) atoms. The van der Waals surface area contributed by atoms with Crippen molar-refractivity contribution >= 4 is 23.3 Å². The Bertz CT molecular complexity index is 971. The van der Waals surface area contributed by atoms with Crippen molar-refractivity contribution in [1.82, 2.24) is 4.90 Å². The Kier molecular flexibility index (Phi) is 7.96. The molecule has 0 bridgehead atoms. The third-order valence-corrected chi connectivity index (χ3v) is 4.97. The number of hydrogen-bond donors (Lipinski definition) is 1. The second-order valence-corrected chi connectivity index (χ2v) is 7.22. The number of anilines is 1. The number of amides is 2. The van der Waals surface area contributed by atoms with Crippen molar-refractivity contribution < 1.29 is 27.6 Å². The van der Waals surface area contributed by atoms with Crippen molar-refractivity contribution in [3.8, 4) is 0 Å². The molecule has 0 radical (unpaired) electrons. The number of alkyl halides is 3. The van der Waals surface area contributed by atoms with Crippen LogP contribution in [0.2, 0.25) is 0 Å². The number of para-hydroxylation sites is 1. The van der Waals surface area contributed by atoms with Gasteiger partial charge in [0, 0.05) is 24.9 Å². The number of likely N-dealkylation sites (N-methyl/N-ethyl adjacent to an activating group) is 1. The number of benzene rings is 2. The fourth-order valence-corrected chi connectivity index (χ4v) is 3.02. The summed E-state index contributed by atoms with van der Waals surface area (Å²) in [7, 11) is 0. The summed E-state index contributed by atoms with van der Waals surface area (Å²) in [4.78, 5) is 38.3. The maximum atomic E-state index is 13.1. The summed E-state index contributed by atoms with van der Waals surface area (Å²) >= 11 is 0. The zero-order valence-corrected chi connectivity index (χ0v) is 17.7. The second kappa shape index (κ2) is 10.2. The van der Waals surface area contributed by atoms with Gasteiger partial charge in [0.25, 0.3) is 0 Å². The van der Waals surface area contributed by atoms with Gasteiger partial charge < -0.3 is 10.2 Å². The number of nitrogens with zero attached hydrogens (tertiary/aromatic N) is 1. The summed E-state index contributed by atoms with van der Waals surface area (Å²) in [6.07, 6.45) is -4.72. The highest BCUT2D eigenvalue weighted by molar-refractivity contribution is 5.99. The van der Waals surface area contributed by atoms with Crippen LogP contribution in [0, 0.1) is 13.8 Å². The lowest BCUT2D eigenvalue weighted by molar-refractivity contribution is -0.137. The highest BCUT2D eigenvalue weighted by Gasteiger charge is 2.33. The number of hydrogen-bond acceptors (Lipinski definition) is 3. The maximum absolute atomic E-state index is 13.1. The average Bonchev–Trinajstić information content (AvgIpc) is 2.71. The van der Waals surface area contributed by atoms with Crippen LogP contribution in [0.4, 0.5) is 18.9 Å². The van der Waals surface area contributed by atoms with Crippen molar-refractivity contribution in [3.63, 3.8) is 0 Å². The van der Waals surface area contributed by atoms with Crippen LogP contribution in [-0.4, -0.2) is 35.6 Å². The van der Waals surface area contributed by atoms with E-state index in [0.717, 1.165) is 23.3 Å². The first-order chi connectivity index (χ1) is 14.5. The monoisotopic (exact) mass is 434 g/mol. The van der Waals surface area contributed by atoms with Gasteiger partial charge in [-0.1, -0.05) is 24.3 Å². The van der Waals surface area contributed by atoms with E-state index >= 15 is 0 Å². The van der Waals surface area contributed by atoms with Gasteiger partial charge >= 0.3 is 6.18 Å². The predicted molar refractivity (Wildman–Crippen MR) is 112 cm³/mol. The fraction of sp³-hybridized carbons (Fsp3) is 0.348. The normalized spacial score (nSPS) is 11.2. The Morgan fingerprint density at radius 2 is 1.65 bits per heavy atom. The zero-order chi connectivity index (χ0) is 23.2. The number of halogens is 3. The fourth-order valence-electron chi connectivity index (χ4n) is 3.02. The number of carbonyl (C=O) groups excluding carboxylic acids is 3. The molecule has 0 aliphatic rings. The Balaban J connectivity index is 1.96. The molecule has 166 valence electrons. The van der Waals surface area contributed by atoms with E-state index in [1.807, 2.05) is 19.9 Å². The number of aryl methyl sites for hydroxylation is 2. The molecule has 0 unspecified atom stereocenters. The molecule has 5 nitrogen and oxygen atoms in total. The molecule has 2 rings (SSSR count). The molecule has 0 aromatic heterocycles. The van der Waals surface area contributed by atoms with E-state index in [2.05, 4.69) is 5.32 Å². The lowest BCUT2D eigenvalue weighted by Gasteiger charge is -2.21. The van der Waals surface area contributed by atoms with E-state index in [-0.39, 0.29) is 30.9 Å². The Morgan fingerprint density at radius 1 is 0.968 bits per heavy atom. The highest BCUT2D eigenvalue weighted by atomic mass is 19.4. The minimum atomic E-state index is -4.61. The number of ketones is 1. The van der Waals surface area contributed by atoms with Gasteiger partial charge in [-0.15, -0.1) is 0 Å². The number of rotatable bonds is 8. The van der Waals surface area contributed by atoms with Crippen molar-refractivity contribution in [2.45, 2.75) is 39.8 Å². The van der Waals surface area contributed by atoms with Crippen LogP contribution in [0.5, 0.6) is 0 Å². The van der Waals surface area contributed by atoms with E-state index in [4.69, 9.17) is 0 Å². The molecule has 8 heteroatoms. The van der Waals surface area contributed by atoms with Gasteiger partial charge in [0.1, 0.15) is 0 Å². The zero-order valence-electron chi connectivity index (χ0n) is 17.7. The lowest BCUT2D eigenvalue weighted by Crippen LogP contribution is -2.38. The summed E-state index contributed by atoms with van der Waals surface area (Å²) in [5.74, 6) is -1.35. The number of Topliss-reactive ketones (excluding diaryl/α,β-unsaturated/α-hetero) is 1. The van der Waals surface area contributed by atoms with Gasteiger partial charge in [0.05, 0.1) is 17.8 Å². The number of nitrogens with one attached hydrogen (secondary N) is 1. The molecule has 0 fully saturated rings. The molecule has 2 aromatic carbocycles. The molecule has 0 aliphatic heterocycles. The Morgan fingerprint density at radius 3 is 2.26 bits per heavy atom. The van der Waals surface area contributed by atoms with Gasteiger partial charge in [0.2, 0.25) is 11.8 Å². The molecule has 0 heterocycles. The van der Waals surface area contributed by atoms with Gasteiger partial charge in [-0.05, 0) is 50.1 Å². The Hall–Kier alpha value is -3.16. The van der Waals surface area contributed by atoms with Crippen molar-refractivity contribution in [2.24, 2.45) is 0 Å². The first-order valence-corrected chi connectivity index (χ1v) is 9.87. The summed E-state index contributed by atoms with van der Waals surface area (Å²) in [6, 6.07) is 9.95. The molecule has 1 N–H and O–H groups in total. The third-order valence-electron chi connectivity index (χ3n) is 4.97. The van der Waals surface area contributed by atoms with Crippen LogP contribution in [0.3, 0.4) is 0 Å². The van der Waals surface area contributed by atoms with E-state index in [1.54, 1.807) is 19.1 Å². The van der Waals surface area contributed by atoms with Crippen molar-refractivity contribution in [2.75, 3.05) is 18.4 Å². The van der Waals surface area contributed by atoms with E-state index in [0.29, 0.717) is 5.56 Å². The van der Waals surface area contributed by atoms with E-state index in [9.17, 15) is 27.6 Å². The van der Waals surface area contributed by atoms with Crippen LogP contribution in [0.25, 0.3) is 0 Å². The summed E-state index contributed by atoms with van der Waals surface area (Å²) < 4.78 is 39.2. The molecule has 0 spiro atoms. The van der Waals surface area contributed by atoms with E-state index < -0.39 is 30.1 Å². The summed E-state index contributed by atoms with van der Waals surface area (Å²) in [6.45, 7) is 5.26. The third kappa shape index (κ3) is 6.67. The predicted octanol–water partition coefficient (Wildman–Crippen LogP) is 4.77. The maximum Gasteiger partial charge on any atom is 0.418 e. The second-order valence-electron chi connectivity index (χ2n) is 7.22. The Labute approximate surface area is 179 Å². The molecular weight excluding hydrogens is 409 g/mol. The molecule has 0 aliphatic carbocycles. The average molecular weight is 434 g/mol. The summed E-state index contributed by atoms with van der Waals surface area (Å²) in [5.41, 5.74) is 1.22. The minimum Gasteiger partial charge on any atom is -0.334 e. The highest BCUT2D eigenvalue weighted by Crippen LogP contribution is 2.34. The van der Waals surface area contributed by atoms with Crippen molar-refractivity contribution in [3.05, 3.63) is 64.7 Å². The van der Waals surface area contributed by atoms with Crippen LogP contribution in [-0.2, 0) is 15.8 Å². The minimum absolute atomic E-state index is 0.0175. The van der Waals surface area contributed by atoms with Gasteiger partial charge in [-0.3, -0.25) is 14.4 Å². The van der Waals surface area contributed by atoms with Gasteiger partial charge in [-0.2, -0.15) is 13.2 Å². The largest absolute Gasteiger partial charge is 0.418 e. The quantitative estimate of drug-likeness (QED) is 0.609. The topological polar surface area (TPSA) is 66.5 Å². The van der Waals surface area contributed by atoms with Crippen LogP contribution in [0.15, 0.2) is 42.5 Å². The molecular formula is C23H25F3N2O3. The molecule has 0 saturated heterocycles. The van der Waals surface area contributed by atoms with Gasteiger partial charge in [0.15, 0.2) is 5.78 Å². The molecule has 0 saturated carbocycles. The summed E-state index contributed by atoms with van der Waals surface area (Å²) in [5, 5.41) is 2.22.